The van der Waals surface area contributed by atoms with Crippen molar-refractivity contribution >= 4 is 37.8 Å². The van der Waals surface area contributed by atoms with Crippen molar-refractivity contribution in [2.24, 2.45) is 4.40 Å². The van der Waals surface area contributed by atoms with Gasteiger partial charge in [0.2, 0.25) is 0 Å². The van der Waals surface area contributed by atoms with Crippen molar-refractivity contribution in [1.82, 2.24) is 4.31 Å². The minimum Gasteiger partial charge on any atom is -0.486 e. The van der Waals surface area contributed by atoms with E-state index in [1.807, 2.05) is 0 Å². The molecule has 0 unspecified atom stereocenters. The topological polar surface area (TPSA) is 123 Å². The first-order valence-electron chi connectivity index (χ1n) is 6.86. The Morgan fingerprint density at radius 1 is 1.48 bits per heavy atom. The van der Waals surface area contributed by atoms with E-state index in [-0.39, 0.29) is 34.5 Å². The van der Waals surface area contributed by atoms with Crippen LogP contribution in [-0.4, -0.2) is 66.6 Å². The number of ether oxygens (including phenoxy) is 2. The normalized spacial score (nSPS) is 20.2. The van der Waals surface area contributed by atoms with Gasteiger partial charge in [-0.15, -0.1) is 15.7 Å². The molecule has 0 fully saturated rings. The van der Waals surface area contributed by atoms with E-state index in [4.69, 9.17) is 4.74 Å². The third-order valence-electron chi connectivity index (χ3n) is 3.31. The first-order valence-corrected chi connectivity index (χ1v) is 10.6. The summed E-state index contributed by atoms with van der Waals surface area (Å²) in [7, 11) is -5.20. The van der Waals surface area contributed by atoms with Crippen molar-refractivity contribution in [3.05, 3.63) is 11.6 Å². The highest BCUT2D eigenvalue weighted by atomic mass is 32.3. The zero-order valence-electron chi connectivity index (χ0n) is 13.1. The fourth-order valence-electron chi connectivity index (χ4n) is 2.18. The molecule has 0 saturated carbocycles. The third-order valence-corrected chi connectivity index (χ3v) is 8.52. The summed E-state index contributed by atoms with van der Waals surface area (Å²) in [5, 5.41) is 10.2. The minimum atomic E-state index is -4.08. The van der Waals surface area contributed by atoms with Gasteiger partial charge in [0.1, 0.15) is 8.42 Å². The molecule has 0 radical (unpaired) electrons. The number of β-amino-alcohol motifs (C(OH)–C–C–N with tert-alkyl or cyclic N) is 1. The second-order valence-electron chi connectivity index (χ2n) is 4.96. The van der Waals surface area contributed by atoms with Crippen LogP contribution in [0.2, 0.25) is 0 Å². The molecule has 1 aromatic heterocycles. The zero-order chi connectivity index (χ0) is 18.0. The summed E-state index contributed by atoms with van der Waals surface area (Å²) in [5.74, 6) is 0. The highest BCUT2D eigenvalue weighted by Crippen LogP contribution is 2.40. The molecule has 12 heteroatoms. The van der Waals surface area contributed by atoms with Gasteiger partial charge in [-0.05, 0) is 12.5 Å². The molecule has 0 bridgehead atoms. The number of hydrogen-bond donors (Lipinski definition) is 1. The average Bonchev–Trinajstić information content (AvgIpc) is 2.98. The van der Waals surface area contributed by atoms with Gasteiger partial charge in [0.15, 0.2) is 6.40 Å². The average molecular weight is 415 g/mol. The van der Waals surface area contributed by atoms with E-state index in [1.54, 1.807) is 0 Å². The molecule has 0 saturated heterocycles. The summed E-state index contributed by atoms with van der Waals surface area (Å²) >= 11 is 0.568. The molecular formula is C13H22N2O7S3. The Kier molecular flexibility index (Phi) is 7.53. The van der Waals surface area contributed by atoms with Crippen molar-refractivity contribution in [2.45, 2.75) is 28.4 Å². The van der Waals surface area contributed by atoms with Crippen LogP contribution in [0.15, 0.2) is 18.9 Å². The molecule has 1 aliphatic heterocycles. The Hall–Kier alpha value is -1.05. The molecule has 0 spiro atoms. The number of fused-ring (bicyclic) bond motifs is 1. The van der Waals surface area contributed by atoms with Crippen LogP contribution in [0, 0.1) is 0 Å². The minimum absolute atomic E-state index is 0. The van der Waals surface area contributed by atoms with Gasteiger partial charge in [-0.3, -0.25) is 0 Å². The molecular weight excluding hydrogens is 392 g/mol. The molecule has 144 valence electrons. The van der Waals surface area contributed by atoms with E-state index in [0.717, 1.165) is 16.8 Å². The van der Waals surface area contributed by atoms with E-state index in [1.165, 1.54) is 14.2 Å². The van der Waals surface area contributed by atoms with Crippen LogP contribution in [0.25, 0.3) is 0 Å². The first-order chi connectivity index (χ1) is 11.2. The number of rotatable bonds is 7. The lowest BCUT2D eigenvalue weighted by atomic mass is 10.2. The van der Waals surface area contributed by atoms with Crippen molar-refractivity contribution in [2.75, 3.05) is 33.9 Å². The van der Waals surface area contributed by atoms with E-state index < -0.39 is 26.2 Å². The number of aliphatic hydroxyl groups excluding tert-OH is 1. The number of thiophene rings is 1. The summed E-state index contributed by atoms with van der Waals surface area (Å²) in [6.45, 7) is 0.426. The van der Waals surface area contributed by atoms with Crippen molar-refractivity contribution < 1.29 is 31.4 Å². The molecule has 1 atom stereocenters. The SMILES string of the molecule is C.CO/C=N/S(=O)(=O)c1cc2c(s1)S(=O)(=O)N(CCCOC)C[C@H]2O. The molecule has 1 aliphatic rings. The highest BCUT2D eigenvalue weighted by molar-refractivity contribution is 7.94. The van der Waals surface area contributed by atoms with E-state index >= 15 is 0 Å². The van der Waals surface area contributed by atoms with Gasteiger partial charge in [-0.25, -0.2) is 8.42 Å². The lowest BCUT2D eigenvalue weighted by Crippen LogP contribution is -2.39. The van der Waals surface area contributed by atoms with Gasteiger partial charge in [-0.1, -0.05) is 7.43 Å². The molecule has 1 aromatic rings. The molecule has 0 aromatic carbocycles. The quantitative estimate of drug-likeness (QED) is 0.398. The summed E-state index contributed by atoms with van der Waals surface area (Å²) in [6, 6.07) is 1.15. The second-order valence-corrected chi connectivity index (χ2v) is 10.00. The summed E-state index contributed by atoms with van der Waals surface area (Å²) < 4.78 is 62.7. The predicted octanol–water partition coefficient (Wildman–Crippen LogP) is 0.822. The van der Waals surface area contributed by atoms with Gasteiger partial charge in [0.05, 0.1) is 13.2 Å². The van der Waals surface area contributed by atoms with Gasteiger partial charge < -0.3 is 14.6 Å². The number of aliphatic hydroxyl groups is 1. The first kappa shape index (κ1) is 22.0. The van der Waals surface area contributed by atoms with E-state index in [2.05, 4.69) is 9.13 Å². The number of methoxy groups -OCH3 is 2. The second kappa shape index (κ2) is 8.56. The lowest BCUT2D eigenvalue weighted by molar-refractivity contribution is 0.131. The summed E-state index contributed by atoms with van der Waals surface area (Å²) in [5.41, 5.74) is 0.0779. The Morgan fingerprint density at radius 3 is 2.76 bits per heavy atom. The number of hydrogen-bond acceptors (Lipinski definition) is 8. The molecule has 9 nitrogen and oxygen atoms in total. The van der Waals surface area contributed by atoms with Crippen molar-refractivity contribution in [3.63, 3.8) is 0 Å². The Labute approximate surface area is 152 Å². The Balaban J connectivity index is 0.00000312. The maximum Gasteiger partial charge on any atom is 0.294 e. The molecule has 0 aliphatic carbocycles. The van der Waals surface area contributed by atoms with Crippen LogP contribution < -0.4 is 0 Å². The van der Waals surface area contributed by atoms with Crippen LogP contribution in [0.3, 0.4) is 0 Å². The number of sulfonamides is 2. The third kappa shape index (κ3) is 4.57. The fourth-order valence-corrected chi connectivity index (χ4v) is 6.84. The van der Waals surface area contributed by atoms with Crippen molar-refractivity contribution in [3.8, 4) is 0 Å². The lowest BCUT2D eigenvalue weighted by Gasteiger charge is -2.29. The van der Waals surface area contributed by atoms with Gasteiger partial charge in [-0.2, -0.15) is 12.7 Å². The van der Waals surface area contributed by atoms with Crippen LogP contribution >= 0.6 is 11.3 Å². The summed E-state index contributed by atoms with van der Waals surface area (Å²) in [4.78, 5) is 0. The molecule has 0 amide bonds. The molecule has 2 rings (SSSR count). The van der Waals surface area contributed by atoms with Crippen molar-refractivity contribution in [1.29, 1.82) is 0 Å². The largest absolute Gasteiger partial charge is 0.486 e. The molecule has 25 heavy (non-hydrogen) atoms. The Bertz CT molecular complexity index is 815. The standard InChI is InChI=1S/C12H18N2O7S3.CH4/c1-20-5-3-4-14-7-10(15)9-6-11(22-12(9)24(14,18)19)23(16,17)13-8-21-2;/h6,8,10,15H,3-5,7H2,1-2H3;1H4/b13-8+;/t10-;/m1./s1. The van der Waals surface area contributed by atoms with Crippen LogP contribution in [0.4, 0.5) is 0 Å². The fraction of sp³-hybridized carbons (Fsp3) is 0.615. The van der Waals surface area contributed by atoms with Gasteiger partial charge in [0.25, 0.3) is 20.0 Å². The monoisotopic (exact) mass is 414 g/mol. The summed E-state index contributed by atoms with van der Waals surface area (Å²) in [6.07, 6.45) is 0.111. The number of nitrogens with zero attached hydrogens (tertiary/aromatic N) is 2. The zero-order valence-corrected chi connectivity index (χ0v) is 15.5. The molecule has 2 heterocycles. The van der Waals surface area contributed by atoms with Crippen LogP contribution in [0.5, 0.6) is 0 Å². The Morgan fingerprint density at radius 2 is 2.16 bits per heavy atom. The maximum atomic E-state index is 12.6. The van der Waals surface area contributed by atoms with Gasteiger partial charge >= 0.3 is 0 Å². The highest BCUT2D eigenvalue weighted by Gasteiger charge is 2.39. The van der Waals surface area contributed by atoms with E-state index in [9.17, 15) is 21.9 Å². The van der Waals surface area contributed by atoms with Crippen LogP contribution in [-0.2, 0) is 29.5 Å². The molecule has 1 N–H and O–H groups in total. The predicted molar refractivity (Wildman–Crippen MR) is 93.9 cm³/mol. The van der Waals surface area contributed by atoms with Crippen LogP contribution in [0.1, 0.15) is 25.5 Å². The van der Waals surface area contributed by atoms with Gasteiger partial charge in [0, 0.05) is 32.4 Å². The smallest absolute Gasteiger partial charge is 0.294 e. The van der Waals surface area contributed by atoms with E-state index in [0.29, 0.717) is 24.4 Å². The maximum absolute atomic E-state index is 12.6.